The Balaban J connectivity index is 1.73. The number of primary amides is 1. The number of nitrogens with one attached hydrogen (secondary N) is 1. The third-order valence-corrected chi connectivity index (χ3v) is 3.76. The number of pyridine rings is 1. The molecule has 0 radical (unpaired) electrons. The molecule has 134 valence electrons. The van der Waals surface area contributed by atoms with Crippen LogP contribution in [0.3, 0.4) is 0 Å². The van der Waals surface area contributed by atoms with Crippen LogP contribution >= 0.6 is 0 Å². The molecule has 1 aromatic heterocycles. The Morgan fingerprint density at radius 1 is 1.08 bits per heavy atom. The number of amides is 1. The molecule has 0 unspecified atom stereocenters. The maximum atomic E-state index is 11.0. The highest BCUT2D eigenvalue weighted by Gasteiger charge is 2.03. The standard InChI is InChI=1S/C19H25N3O3/c20-19(24)16-7-10-18(22-14-16)25-17-8-5-15(6-9-17)13-21-11-3-1-2-4-12-23/h5-10,14,21,23H,1-4,11-13H2,(H2,20,24). The minimum Gasteiger partial charge on any atom is -0.439 e. The van der Waals surface area contributed by atoms with Gasteiger partial charge in [-0.15, -0.1) is 0 Å². The van der Waals surface area contributed by atoms with Gasteiger partial charge in [0.2, 0.25) is 11.8 Å². The fourth-order valence-electron chi connectivity index (χ4n) is 2.33. The van der Waals surface area contributed by atoms with Gasteiger partial charge >= 0.3 is 0 Å². The molecule has 0 aliphatic carbocycles. The Morgan fingerprint density at radius 3 is 2.48 bits per heavy atom. The van der Waals surface area contributed by atoms with Crippen LogP contribution in [0.4, 0.5) is 0 Å². The number of carbonyl (C=O) groups excluding carboxylic acids is 1. The van der Waals surface area contributed by atoms with E-state index in [9.17, 15) is 4.79 Å². The predicted octanol–water partition coefficient (Wildman–Crippen LogP) is 2.62. The lowest BCUT2D eigenvalue weighted by atomic mass is 10.2. The van der Waals surface area contributed by atoms with Gasteiger partial charge in [0.25, 0.3) is 0 Å². The summed E-state index contributed by atoms with van der Waals surface area (Å²) in [6, 6.07) is 11.0. The molecule has 1 heterocycles. The molecule has 0 saturated heterocycles. The summed E-state index contributed by atoms with van der Waals surface area (Å²) >= 11 is 0. The van der Waals surface area contributed by atoms with Crippen molar-refractivity contribution in [3.05, 3.63) is 53.7 Å². The number of nitrogens with two attached hydrogens (primary N) is 1. The monoisotopic (exact) mass is 343 g/mol. The molecular weight excluding hydrogens is 318 g/mol. The Labute approximate surface area is 148 Å². The molecule has 6 heteroatoms. The van der Waals surface area contributed by atoms with Crippen molar-refractivity contribution in [2.75, 3.05) is 13.2 Å². The minimum atomic E-state index is -0.510. The molecule has 0 aliphatic heterocycles. The Hall–Kier alpha value is -2.44. The molecule has 1 amide bonds. The summed E-state index contributed by atoms with van der Waals surface area (Å²) in [5.74, 6) is 0.593. The number of unbranched alkanes of at least 4 members (excludes halogenated alkanes) is 3. The van der Waals surface area contributed by atoms with E-state index in [1.54, 1.807) is 12.1 Å². The zero-order valence-corrected chi connectivity index (χ0v) is 14.3. The van der Waals surface area contributed by atoms with E-state index in [2.05, 4.69) is 10.3 Å². The fourth-order valence-corrected chi connectivity index (χ4v) is 2.33. The van der Waals surface area contributed by atoms with Gasteiger partial charge in [-0.2, -0.15) is 0 Å². The number of hydrogen-bond acceptors (Lipinski definition) is 5. The van der Waals surface area contributed by atoms with Gasteiger partial charge in [-0.25, -0.2) is 4.98 Å². The van der Waals surface area contributed by atoms with E-state index in [-0.39, 0.29) is 6.61 Å². The first-order valence-electron chi connectivity index (χ1n) is 8.53. The third kappa shape index (κ3) is 6.91. The highest BCUT2D eigenvalue weighted by Crippen LogP contribution is 2.19. The Kier molecular flexibility index (Phi) is 7.88. The number of carbonyl (C=O) groups is 1. The Morgan fingerprint density at radius 2 is 1.84 bits per heavy atom. The zero-order chi connectivity index (χ0) is 17.9. The highest BCUT2D eigenvalue weighted by molar-refractivity contribution is 5.92. The van der Waals surface area contributed by atoms with Crippen LogP contribution in [-0.4, -0.2) is 29.1 Å². The number of aromatic nitrogens is 1. The lowest BCUT2D eigenvalue weighted by Crippen LogP contribution is -2.14. The van der Waals surface area contributed by atoms with Crippen LogP contribution in [0.15, 0.2) is 42.6 Å². The van der Waals surface area contributed by atoms with E-state index >= 15 is 0 Å². The summed E-state index contributed by atoms with van der Waals surface area (Å²) < 4.78 is 5.64. The second-order valence-electron chi connectivity index (χ2n) is 5.81. The summed E-state index contributed by atoms with van der Waals surface area (Å²) in [7, 11) is 0. The van der Waals surface area contributed by atoms with Crippen LogP contribution in [-0.2, 0) is 6.54 Å². The average molecular weight is 343 g/mol. The van der Waals surface area contributed by atoms with Crippen LogP contribution in [0, 0.1) is 0 Å². The average Bonchev–Trinajstić information content (AvgIpc) is 2.63. The molecule has 1 aromatic carbocycles. The highest BCUT2D eigenvalue weighted by atomic mass is 16.5. The number of aliphatic hydroxyl groups is 1. The Bertz CT molecular complexity index is 642. The molecule has 0 spiro atoms. The zero-order valence-electron chi connectivity index (χ0n) is 14.3. The fraction of sp³-hybridized carbons (Fsp3) is 0.368. The first-order valence-corrected chi connectivity index (χ1v) is 8.53. The van der Waals surface area contributed by atoms with Gasteiger partial charge in [0.1, 0.15) is 5.75 Å². The van der Waals surface area contributed by atoms with E-state index in [0.29, 0.717) is 17.2 Å². The van der Waals surface area contributed by atoms with Crippen molar-refractivity contribution in [1.82, 2.24) is 10.3 Å². The molecular formula is C19H25N3O3. The van der Waals surface area contributed by atoms with Crippen LogP contribution in [0.1, 0.15) is 41.6 Å². The van der Waals surface area contributed by atoms with Gasteiger partial charge in [-0.1, -0.05) is 25.0 Å². The van der Waals surface area contributed by atoms with Crippen LogP contribution in [0.25, 0.3) is 0 Å². The number of hydrogen-bond donors (Lipinski definition) is 3. The van der Waals surface area contributed by atoms with E-state index in [1.165, 1.54) is 11.8 Å². The van der Waals surface area contributed by atoms with E-state index in [4.69, 9.17) is 15.6 Å². The second kappa shape index (κ2) is 10.4. The molecule has 2 aromatic rings. The summed E-state index contributed by atoms with van der Waals surface area (Å²) in [4.78, 5) is 15.1. The first-order chi connectivity index (χ1) is 12.2. The number of rotatable bonds is 11. The number of nitrogens with zero attached hydrogens (tertiary/aromatic N) is 1. The minimum absolute atomic E-state index is 0.284. The smallest absolute Gasteiger partial charge is 0.250 e. The number of benzene rings is 1. The van der Waals surface area contributed by atoms with Crippen molar-refractivity contribution in [3.8, 4) is 11.6 Å². The van der Waals surface area contributed by atoms with E-state index in [0.717, 1.165) is 38.8 Å². The second-order valence-corrected chi connectivity index (χ2v) is 5.81. The maximum absolute atomic E-state index is 11.0. The molecule has 6 nitrogen and oxygen atoms in total. The molecule has 0 atom stereocenters. The lowest BCUT2D eigenvalue weighted by Gasteiger charge is -2.07. The molecule has 2 rings (SSSR count). The largest absolute Gasteiger partial charge is 0.439 e. The molecule has 25 heavy (non-hydrogen) atoms. The van der Waals surface area contributed by atoms with Crippen molar-refractivity contribution >= 4 is 5.91 Å². The lowest BCUT2D eigenvalue weighted by molar-refractivity contribution is 0.1000. The van der Waals surface area contributed by atoms with Crippen LogP contribution in [0.2, 0.25) is 0 Å². The number of aliphatic hydroxyl groups excluding tert-OH is 1. The van der Waals surface area contributed by atoms with Crippen molar-refractivity contribution in [1.29, 1.82) is 0 Å². The van der Waals surface area contributed by atoms with Crippen molar-refractivity contribution in [2.45, 2.75) is 32.2 Å². The summed E-state index contributed by atoms with van der Waals surface area (Å²) in [5.41, 5.74) is 6.71. The predicted molar refractivity (Wildman–Crippen MR) is 96.5 cm³/mol. The summed E-state index contributed by atoms with van der Waals surface area (Å²) in [6.45, 7) is 2.07. The van der Waals surface area contributed by atoms with Gasteiger partial charge in [0, 0.05) is 25.4 Å². The van der Waals surface area contributed by atoms with Gasteiger partial charge in [-0.3, -0.25) is 4.79 Å². The van der Waals surface area contributed by atoms with Crippen molar-refractivity contribution < 1.29 is 14.6 Å². The topological polar surface area (TPSA) is 97.5 Å². The maximum Gasteiger partial charge on any atom is 0.250 e. The summed E-state index contributed by atoms with van der Waals surface area (Å²) in [5, 5.41) is 12.1. The van der Waals surface area contributed by atoms with Crippen LogP contribution < -0.4 is 15.8 Å². The van der Waals surface area contributed by atoms with Gasteiger partial charge in [0.15, 0.2) is 0 Å². The molecule has 4 N–H and O–H groups in total. The molecule has 0 fully saturated rings. The third-order valence-electron chi connectivity index (χ3n) is 3.76. The SMILES string of the molecule is NC(=O)c1ccc(Oc2ccc(CNCCCCCCO)cc2)nc1. The molecule has 0 bridgehead atoms. The molecule has 0 saturated carbocycles. The van der Waals surface area contributed by atoms with E-state index < -0.39 is 5.91 Å². The summed E-state index contributed by atoms with van der Waals surface area (Å²) in [6.07, 6.45) is 5.63. The van der Waals surface area contributed by atoms with Crippen LogP contribution in [0.5, 0.6) is 11.6 Å². The first kappa shape index (κ1) is 18.9. The van der Waals surface area contributed by atoms with Gasteiger partial charge in [-0.05, 0) is 43.1 Å². The van der Waals surface area contributed by atoms with Crippen molar-refractivity contribution in [3.63, 3.8) is 0 Å². The van der Waals surface area contributed by atoms with Gasteiger partial charge in [0.05, 0.1) is 5.56 Å². The van der Waals surface area contributed by atoms with Gasteiger partial charge < -0.3 is 20.9 Å². The van der Waals surface area contributed by atoms with Crippen molar-refractivity contribution in [2.24, 2.45) is 5.73 Å². The normalized spacial score (nSPS) is 10.6. The quantitative estimate of drug-likeness (QED) is 0.545. The molecule has 0 aliphatic rings. The van der Waals surface area contributed by atoms with E-state index in [1.807, 2.05) is 24.3 Å². The number of ether oxygens (including phenoxy) is 1.